The van der Waals surface area contributed by atoms with Crippen molar-refractivity contribution in [1.29, 1.82) is 0 Å². The zero-order valence-electron chi connectivity index (χ0n) is 15.2. The molecule has 142 valence electrons. The van der Waals surface area contributed by atoms with E-state index >= 15 is 0 Å². The van der Waals surface area contributed by atoms with Crippen molar-refractivity contribution in [3.63, 3.8) is 0 Å². The van der Waals surface area contributed by atoms with Crippen LogP contribution in [0, 0.1) is 0 Å². The molecule has 0 spiro atoms. The van der Waals surface area contributed by atoms with Crippen LogP contribution >= 0.6 is 0 Å². The average Bonchev–Trinajstić information content (AvgIpc) is 3.28. The number of anilines is 1. The number of fused-ring (bicyclic) bond motifs is 1. The molecule has 0 saturated heterocycles. The normalized spacial score (nSPS) is 15.2. The molecule has 0 aliphatic carbocycles. The van der Waals surface area contributed by atoms with Crippen molar-refractivity contribution >= 4 is 17.5 Å². The number of carbonyl (C=O) groups excluding carboxylic acids is 2. The van der Waals surface area contributed by atoms with Crippen LogP contribution in [0.15, 0.2) is 48.5 Å². The monoisotopic (exact) mass is 377 g/mol. The zero-order chi connectivity index (χ0) is 19.5. The topological polar surface area (TPSA) is 109 Å². The Kier molecular flexibility index (Phi) is 4.86. The summed E-state index contributed by atoms with van der Waals surface area (Å²) >= 11 is 0. The van der Waals surface area contributed by atoms with Crippen molar-refractivity contribution < 1.29 is 14.3 Å². The second kappa shape index (κ2) is 7.61. The molecule has 28 heavy (non-hydrogen) atoms. The Labute approximate surface area is 161 Å². The Hall–Kier alpha value is -3.52. The van der Waals surface area contributed by atoms with Crippen molar-refractivity contribution in [1.82, 2.24) is 20.5 Å². The predicted molar refractivity (Wildman–Crippen MR) is 102 cm³/mol. The number of hydrogen-bond acceptors (Lipinski definition) is 5. The first kappa shape index (κ1) is 17.9. The lowest BCUT2D eigenvalue weighted by atomic mass is 10.0. The van der Waals surface area contributed by atoms with E-state index < -0.39 is 0 Å². The lowest BCUT2D eigenvalue weighted by Crippen LogP contribution is -2.24. The SMILES string of the molecule is COCc1nc(-c2cccc(NC(=O)C[C@@H]3NC(=O)c4ccccc43)c2)n[nH]1. The number of rotatable bonds is 6. The van der Waals surface area contributed by atoms with Gasteiger partial charge in [-0.15, -0.1) is 0 Å². The maximum atomic E-state index is 12.5. The molecule has 2 aromatic carbocycles. The molecule has 2 amide bonds. The number of benzene rings is 2. The van der Waals surface area contributed by atoms with Crippen LogP contribution in [0.1, 0.15) is 34.2 Å². The van der Waals surface area contributed by atoms with E-state index in [1.165, 1.54) is 0 Å². The second-order valence-corrected chi connectivity index (χ2v) is 6.49. The van der Waals surface area contributed by atoms with E-state index in [0.717, 1.165) is 11.1 Å². The molecule has 3 aromatic rings. The number of H-pyrrole nitrogens is 1. The van der Waals surface area contributed by atoms with E-state index in [1.54, 1.807) is 25.3 Å². The summed E-state index contributed by atoms with van der Waals surface area (Å²) in [6, 6.07) is 14.3. The maximum Gasteiger partial charge on any atom is 0.252 e. The number of nitrogens with one attached hydrogen (secondary N) is 3. The van der Waals surface area contributed by atoms with E-state index in [-0.39, 0.29) is 24.3 Å². The van der Waals surface area contributed by atoms with E-state index in [0.29, 0.717) is 29.5 Å². The fourth-order valence-corrected chi connectivity index (χ4v) is 3.24. The largest absolute Gasteiger partial charge is 0.377 e. The Morgan fingerprint density at radius 2 is 2.07 bits per heavy atom. The van der Waals surface area contributed by atoms with Gasteiger partial charge in [-0.25, -0.2) is 4.98 Å². The fraction of sp³-hybridized carbons (Fsp3) is 0.200. The molecule has 0 saturated carbocycles. The lowest BCUT2D eigenvalue weighted by molar-refractivity contribution is -0.116. The maximum absolute atomic E-state index is 12.5. The van der Waals surface area contributed by atoms with Crippen LogP contribution in [0.4, 0.5) is 5.69 Å². The van der Waals surface area contributed by atoms with Crippen LogP contribution in [0.5, 0.6) is 0 Å². The van der Waals surface area contributed by atoms with Crippen LogP contribution in [0.2, 0.25) is 0 Å². The number of amides is 2. The molecule has 0 bridgehead atoms. The summed E-state index contributed by atoms with van der Waals surface area (Å²) < 4.78 is 5.03. The summed E-state index contributed by atoms with van der Waals surface area (Å²) in [7, 11) is 1.59. The zero-order valence-corrected chi connectivity index (χ0v) is 15.2. The van der Waals surface area contributed by atoms with Gasteiger partial charge in [0.15, 0.2) is 11.6 Å². The highest BCUT2D eigenvalue weighted by molar-refractivity contribution is 6.00. The van der Waals surface area contributed by atoms with Crippen LogP contribution in [-0.2, 0) is 16.1 Å². The van der Waals surface area contributed by atoms with Gasteiger partial charge in [0.25, 0.3) is 5.91 Å². The van der Waals surface area contributed by atoms with Gasteiger partial charge in [-0.2, -0.15) is 5.10 Å². The highest BCUT2D eigenvalue weighted by Crippen LogP contribution is 2.28. The molecule has 4 rings (SSSR count). The molecule has 1 aromatic heterocycles. The smallest absolute Gasteiger partial charge is 0.252 e. The van der Waals surface area contributed by atoms with Crippen LogP contribution < -0.4 is 10.6 Å². The summed E-state index contributed by atoms with van der Waals surface area (Å²) in [4.78, 5) is 28.9. The minimum Gasteiger partial charge on any atom is -0.377 e. The Bertz CT molecular complexity index is 1030. The number of aromatic amines is 1. The van der Waals surface area contributed by atoms with Gasteiger partial charge in [0.05, 0.1) is 12.5 Å². The lowest BCUT2D eigenvalue weighted by Gasteiger charge is -2.12. The van der Waals surface area contributed by atoms with Crippen LogP contribution in [0.3, 0.4) is 0 Å². The fourth-order valence-electron chi connectivity index (χ4n) is 3.24. The molecule has 8 heteroatoms. The summed E-state index contributed by atoms with van der Waals surface area (Å²) in [6.45, 7) is 0.345. The van der Waals surface area contributed by atoms with Crippen molar-refractivity contribution in [2.45, 2.75) is 19.1 Å². The minimum atomic E-state index is -0.323. The van der Waals surface area contributed by atoms with Gasteiger partial charge in [-0.05, 0) is 23.8 Å². The van der Waals surface area contributed by atoms with Gasteiger partial charge in [0.1, 0.15) is 6.61 Å². The first-order valence-corrected chi connectivity index (χ1v) is 8.84. The van der Waals surface area contributed by atoms with Gasteiger partial charge < -0.3 is 15.4 Å². The highest BCUT2D eigenvalue weighted by atomic mass is 16.5. The molecule has 0 radical (unpaired) electrons. The Balaban J connectivity index is 1.44. The second-order valence-electron chi connectivity index (χ2n) is 6.49. The Morgan fingerprint density at radius 1 is 1.21 bits per heavy atom. The molecule has 0 fully saturated rings. The molecule has 1 aliphatic rings. The number of ether oxygens (including phenoxy) is 1. The highest BCUT2D eigenvalue weighted by Gasteiger charge is 2.29. The van der Waals surface area contributed by atoms with Gasteiger partial charge in [0, 0.05) is 23.9 Å². The molecule has 3 N–H and O–H groups in total. The van der Waals surface area contributed by atoms with Crippen LogP contribution in [-0.4, -0.2) is 34.1 Å². The van der Waals surface area contributed by atoms with E-state index in [4.69, 9.17) is 4.74 Å². The predicted octanol–water partition coefficient (Wildman–Crippen LogP) is 2.43. The molecule has 8 nitrogen and oxygen atoms in total. The van der Waals surface area contributed by atoms with Crippen LogP contribution in [0.25, 0.3) is 11.4 Å². The quantitative estimate of drug-likeness (QED) is 0.611. The first-order chi connectivity index (χ1) is 13.6. The molecular formula is C20H19N5O3. The Morgan fingerprint density at radius 3 is 2.93 bits per heavy atom. The van der Waals surface area contributed by atoms with Gasteiger partial charge in [0.2, 0.25) is 5.91 Å². The van der Waals surface area contributed by atoms with Crippen molar-refractivity contribution in [3.8, 4) is 11.4 Å². The molecule has 0 unspecified atom stereocenters. The van der Waals surface area contributed by atoms with Gasteiger partial charge >= 0.3 is 0 Å². The van der Waals surface area contributed by atoms with Crippen molar-refractivity contribution in [2.75, 3.05) is 12.4 Å². The van der Waals surface area contributed by atoms with Crippen molar-refractivity contribution in [2.24, 2.45) is 0 Å². The van der Waals surface area contributed by atoms with Gasteiger partial charge in [-0.1, -0.05) is 30.3 Å². The molecular weight excluding hydrogens is 358 g/mol. The molecule has 1 atom stereocenters. The van der Waals surface area contributed by atoms with E-state index in [2.05, 4.69) is 25.8 Å². The summed E-state index contributed by atoms with van der Waals surface area (Å²) in [5.41, 5.74) is 2.88. The standard InChI is InChI=1S/C20H19N5O3/c1-28-11-17-23-19(25-24-17)12-5-4-6-13(9-12)21-18(26)10-16-14-7-2-3-8-15(14)20(27)22-16/h2-9,16H,10-11H2,1H3,(H,21,26)(H,22,27)(H,23,24,25)/t16-/m0/s1. The summed E-state index contributed by atoms with van der Waals surface area (Å²) in [5.74, 6) is 0.823. The number of hydrogen-bond donors (Lipinski definition) is 3. The summed E-state index contributed by atoms with van der Waals surface area (Å²) in [5, 5.41) is 12.7. The first-order valence-electron chi connectivity index (χ1n) is 8.84. The van der Waals surface area contributed by atoms with E-state index in [9.17, 15) is 9.59 Å². The minimum absolute atomic E-state index is 0.146. The number of aromatic nitrogens is 3. The number of carbonyl (C=O) groups is 2. The third-order valence-electron chi connectivity index (χ3n) is 4.49. The van der Waals surface area contributed by atoms with Crippen molar-refractivity contribution in [3.05, 3.63) is 65.5 Å². The van der Waals surface area contributed by atoms with Gasteiger partial charge in [-0.3, -0.25) is 14.7 Å². The molecule has 1 aliphatic heterocycles. The summed E-state index contributed by atoms with van der Waals surface area (Å²) in [6.07, 6.45) is 0.158. The average molecular weight is 377 g/mol. The number of nitrogens with zero attached hydrogens (tertiary/aromatic N) is 2. The number of methoxy groups -OCH3 is 1. The third kappa shape index (κ3) is 3.63. The third-order valence-corrected chi connectivity index (χ3v) is 4.49. The van der Waals surface area contributed by atoms with E-state index in [1.807, 2.05) is 30.3 Å². The molecule has 2 heterocycles.